The van der Waals surface area contributed by atoms with E-state index in [9.17, 15) is 9.18 Å². The Morgan fingerprint density at radius 2 is 2.29 bits per heavy atom. The van der Waals surface area contributed by atoms with Crippen molar-refractivity contribution in [1.29, 1.82) is 0 Å². The Balaban J connectivity index is 2.52. The molecule has 0 aromatic heterocycles. The maximum atomic E-state index is 12.9. The molecule has 5 heteroatoms. The zero-order valence-electron chi connectivity index (χ0n) is 9.80. The molecule has 0 aliphatic rings. The third kappa shape index (κ3) is 4.68. The van der Waals surface area contributed by atoms with Gasteiger partial charge in [-0.25, -0.2) is 4.39 Å². The van der Waals surface area contributed by atoms with Gasteiger partial charge >= 0.3 is 0 Å². The molecule has 1 rings (SSSR count). The van der Waals surface area contributed by atoms with Crippen LogP contribution in [-0.4, -0.2) is 24.0 Å². The zero-order valence-corrected chi connectivity index (χ0v) is 12.2. The number of rotatable bonds is 5. The third-order valence-corrected chi connectivity index (χ3v) is 4.11. The number of hydrogen-bond donors (Lipinski definition) is 1. The molecular formula is C12H15BrFNOS. The van der Waals surface area contributed by atoms with E-state index in [-0.39, 0.29) is 11.7 Å². The first-order chi connectivity index (χ1) is 8.04. The fourth-order valence-corrected chi connectivity index (χ4v) is 2.16. The van der Waals surface area contributed by atoms with Crippen LogP contribution in [0, 0.1) is 5.82 Å². The summed E-state index contributed by atoms with van der Waals surface area (Å²) in [5.74, 6) is -0.533. The Hall–Kier alpha value is -0.550. The summed E-state index contributed by atoms with van der Waals surface area (Å²) in [5.41, 5.74) is 0.461. The Kier molecular flexibility index (Phi) is 5.98. The van der Waals surface area contributed by atoms with Gasteiger partial charge in [-0.1, -0.05) is 6.92 Å². The molecule has 1 aromatic carbocycles. The summed E-state index contributed by atoms with van der Waals surface area (Å²) < 4.78 is 13.3. The van der Waals surface area contributed by atoms with Gasteiger partial charge in [-0.3, -0.25) is 4.79 Å². The lowest BCUT2D eigenvalue weighted by Gasteiger charge is -2.10. The lowest BCUT2D eigenvalue weighted by molar-refractivity contribution is 0.0952. The van der Waals surface area contributed by atoms with Crippen LogP contribution in [-0.2, 0) is 0 Å². The van der Waals surface area contributed by atoms with E-state index >= 15 is 0 Å². The van der Waals surface area contributed by atoms with Crippen molar-refractivity contribution in [1.82, 2.24) is 5.32 Å². The van der Waals surface area contributed by atoms with Gasteiger partial charge in [0.1, 0.15) is 5.82 Å². The van der Waals surface area contributed by atoms with Crippen molar-refractivity contribution >= 4 is 33.6 Å². The minimum absolute atomic E-state index is 0.176. The summed E-state index contributed by atoms with van der Waals surface area (Å²) in [5, 5.41) is 3.34. The van der Waals surface area contributed by atoms with Crippen LogP contribution in [0.4, 0.5) is 4.39 Å². The Bertz CT molecular complexity index is 400. The molecule has 0 radical (unpaired) electrons. The molecule has 0 spiro atoms. The van der Waals surface area contributed by atoms with E-state index in [0.717, 1.165) is 6.42 Å². The van der Waals surface area contributed by atoms with Crippen LogP contribution in [0.15, 0.2) is 22.7 Å². The van der Waals surface area contributed by atoms with Crippen molar-refractivity contribution < 1.29 is 9.18 Å². The second-order valence-electron chi connectivity index (χ2n) is 3.72. The van der Waals surface area contributed by atoms with E-state index in [0.29, 0.717) is 21.8 Å². The Morgan fingerprint density at radius 3 is 2.88 bits per heavy atom. The second-order valence-corrected chi connectivity index (χ2v) is 5.85. The van der Waals surface area contributed by atoms with Gasteiger partial charge in [-0.15, -0.1) is 0 Å². The van der Waals surface area contributed by atoms with Crippen molar-refractivity contribution in [2.75, 3.05) is 12.8 Å². The topological polar surface area (TPSA) is 29.1 Å². The summed E-state index contributed by atoms with van der Waals surface area (Å²) in [6.07, 6.45) is 2.97. The van der Waals surface area contributed by atoms with Crippen molar-refractivity contribution in [2.24, 2.45) is 0 Å². The highest BCUT2D eigenvalue weighted by Crippen LogP contribution is 2.18. The number of nitrogens with one attached hydrogen (secondary N) is 1. The Labute approximate surface area is 113 Å². The molecule has 0 aliphatic heterocycles. The summed E-state index contributed by atoms with van der Waals surface area (Å²) in [4.78, 5) is 11.8. The summed E-state index contributed by atoms with van der Waals surface area (Å²) in [7, 11) is 0. The van der Waals surface area contributed by atoms with Gasteiger partial charge in [0, 0.05) is 16.3 Å². The number of thioether (sulfide) groups is 1. The molecule has 1 atom stereocenters. The largest absolute Gasteiger partial charge is 0.352 e. The molecule has 94 valence electrons. The van der Waals surface area contributed by atoms with Crippen LogP contribution in [0.25, 0.3) is 0 Å². The lowest BCUT2D eigenvalue weighted by atomic mass is 10.2. The standard InChI is InChI=1S/C12H15BrFNOS/c1-8(17-2)5-6-15-12(16)10-4-3-9(14)7-11(10)13/h3-4,7-8H,5-6H2,1-2H3,(H,15,16). The maximum absolute atomic E-state index is 12.9. The van der Waals surface area contributed by atoms with Gasteiger partial charge in [0.2, 0.25) is 0 Å². The van der Waals surface area contributed by atoms with Gasteiger partial charge in [-0.05, 0) is 46.8 Å². The first-order valence-corrected chi connectivity index (χ1v) is 7.38. The van der Waals surface area contributed by atoms with Crippen LogP contribution in [0.2, 0.25) is 0 Å². The second kappa shape index (κ2) is 7.01. The monoisotopic (exact) mass is 319 g/mol. The highest BCUT2D eigenvalue weighted by Gasteiger charge is 2.10. The lowest BCUT2D eigenvalue weighted by Crippen LogP contribution is -2.26. The van der Waals surface area contributed by atoms with Gasteiger partial charge in [-0.2, -0.15) is 11.8 Å². The summed E-state index contributed by atoms with van der Waals surface area (Å²) in [6, 6.07) is 4.05. The molecule has 0 bridgehead atoms. The maximum Gasteiger partial charge on any atom is 0.252 e. The molecule has 1 unspecified atom stereocenters. The zero-order chi connectivity index (χ0) is 12.8. The number of carbonyl (C=O) groups is 1. The smallest absolute Gasteiger partial charge is 0.252 e. The van der Waals surface area contributed by atoms with Crippen LogP contribution in [0.3, 0.4) is 0 Å². The molecule has 17 heavy (non-hydrogen) atoms. The van der Waals surface area contributed by atoms with E-state index in [1.165, 1.54) is 18.2 Å². The average Bonchev–Trinajstić information content (AvgIpc) is 2.28. The predicted molar refractivity (Wildman–Crippen MR) is 74.0 cm³/mol. The first kappa shape index (κ1) is 14.5. The molecule has 1 amide bonds. The molecule has 2 nitrogen and oxygen atoms in total. The number of hydrogen-bond acceptors (Lipinski definition) is 2. The fourth-order valence-electron chi connectivity index (χ4n) is 1.28. The van der Waals surface area contributed by atoms with Crippen molar-refractivity contribution in [2.45, 2.75) is 18.6 Å². The van der Waals surface area contributed by atoms with Gasteiger partial charge < -0.3 is 5.32 Å². The summed E-state index contributed by atoms with van der Waals surface area (Å²) in [6.45, 7) is 2.75. The molecule has 0 heterocycles. The average molecular weight is 320 g/mol. The van der Waals surface area contributed by atoms with E-state index in [1.807, 2.05) is 6.26 Å². The fraction of sp³-hybridized carbons (Fsp3) is 0.417. The number of halogens is 2. The molecule has 0 fully saturated rings. The van der Waals surface area contributed by atoms with E-state index in [2.05, 4.69) is 28.2 Å². The van der Waals surface area contributed by atoms with Crippen LogP contribution in [0.1, 0.15) is 23.7 Å². The summed E-state index contributed by atoms with van der Waals surface area (Å²) >= 11 is 4.94. The highest BCUT2D eigenvalue weighted by molar-refractivity contribution is 9.10. The number of amides is 1. The molecule has 0 saturated heterocycles. The van der Waals surface area contributed by atoms with Crippen molar-refractivity contribution in [3.63, 3.8) is 0 Å². The molecule has 0 aliphatic carbocycles. The molecule has 1 aromatic rings. The van der Waals surface area contributed by atoms with Gasteiger partial charge in [0.25, 0.3) is 5.91 Å². The van der Waals surface area contributed by atoms with Crippen molar-refractivity contribution in [3.8, 4) is 0 Å². The Morgan fingerprint density at radius 1 is 1.59 bits per heavy atom. The van der Waals surface area contributed by atoms with Crippen LogP contribution in [0.5, 0.6) is 0 Å². The molecule has 1 N–H and O–H groups in total. The number of benzene rings is 1. The normalized spacial score (nSPS) is 12.2. The molecular weight excluding hydrogens is 305 g/mol. The quantitative estimate of drug-likeness (QED) is 0.900. The first-order valence-electron chi connectivity index (χ1n) is 5.30. The predicted octanol–water partition coefficient (Wildman–Crippen LogP) is 3.46. The minimum Gasteiger partial charge on any atom is -0.352 e. The van der Waals surface area contributed by atoms with E-state index in [1.54, 1.807) is 11.8 Å². The van der Waals surface area contributed by atoms with E-state index in [4.69, 9.17) is 0 Å². The SMILES string of the molecule is CSC(C)CCNC(=O)c1ccc(F)cc1Br. The minimum atomic E-state index is -0.357. The van der Waals surface area contributed by atoms with Crippen LogP contribution >= 0.6 is 27.7 Å². The highest BCUT2D eigenvalue weighted by atomic mass is 79.9. The van der Waals surface area contributed by atoms with Crippen LogP contribution < -0.4 is 5.32 Å². The molecule has 0 saturated carbocycles. The van der Waals surface area contributed by atoms with Gasteiger partial charge in [0.05, 0.1) is 5.56 Å². The van der Waals surface area contributed by atoms with Gasteiger partial charge in [0.15, 0.2) is 0 Å². The van der Waals surface area contributed by atoms with Crippen molar-refractivity contribution in [3.05, 3.63) is 34.1 Å². The van der Waals surface area contributed by atoms with E-state index < -0.39 is 0 Å². The third-order valence-electron chi connectivity index (χ3n) is 2.41. The number of carbonyl (C=O) groups excluding carboxylic acids is 1.